The van der Waals surface area contributed by atoms with E-state index in [1.165, 1.54) is 11.2 Å². The van der Waals surface area contributed by atoms with E-state index in [1.807, 2.05) is 32.9 Å². The minimum atomic E-state index is -0.290. The highest BCUT2D eigenvalue weighted by Crippen LogP contribution is 2.37. The number of ether oxygens (including phenoxy) is 1. The maximum atomic E-state index is 13.0. The molecule has 0 fully saturated rings. The standard InChI is InChI=1S/C26H28N8O2/c1-6-36-13-20-18(16(3)34-25-21(15(2)32-34)24(28)30-14-31-25)10-9-17(12-27)22(20)19-8-7-11-29-23(19)26(35)33(4)5/h7-11,14,16H,6,13H2,1-5H3,(H2,28,30,31). The second-order valence-corrected chi connectivity index (χ2v) is 8.57. The number of pyridine rings is 1. The first kappa shape index (κ1) is 24.8. The molecule has 0 radical (unpaired) electrons. The number of carbonyl (C=O) groups is 1. The van der Waals surface area contributed by atoms with Gasteiger partial charge < -0.3 is 15.4 Å². The summed E-state index contributed by atoms with van der Waals surface area (Å²) in [5.74, 6) is 0.115. The Labute approximate surface area is 209 Å². The lowest BCUT2D eigenvalue weighted by Gasteiger charge is -2.23. The minimum absolute atomic E-state index is 0.237. The Hall–Kier alpha value is -4.36. The highest BCUT2D eigenvalue weighted by Gasteiger charge is 2.26. The Bertz CT molecular complexity index is 1490. The summed E-state index contributed by atoms with van der Waals surface area (Å²) in [6.07, 6.45) is 2.99. The number of nitrogens with two attached hydrogens (primary N) is 1. The molecule has 36 heavy (non-hydrogen) atoms. The Morgan fingerprint density at radius 2 is 2.03 bits per heavy atom. The molecule has 4 aromatic rings. The molecule has 10 heteroatoms. The first-order chi connectivity index (χ1) is 17.3. The number of hydrogen-bond acceptors (Lipinski definition) is 8. The number of nitrogen functional groups attached to an aromatic ring is 1. The van der Waals surface area contributed by atoms with Crippen LogP contribution in [0.4, 0.5) is 5.82 Å². The van der Waals surface area contributed by atoms with Gasteiger partial charge >= 0.3 is 0 Å². The van der Waals surface area contributed by atoms with Crippen LogP contribution in [0.15, 0.2) is 36.8 Å². The van der Waals surface area contributed by atoms with Gasteiger partial charge in [0, 0.05) is 38.0 Å². The molecule has 184 valence electrons. The largest absolute Gasteiger partial charge is 0.383 e. The molecule has 0 aliphatic heterocycles. The molecule has 0 saturated heterocycles. The molecule has 3 heterocycles. The number of fused-ring (bicyclic) bond motifs is 1. The van der Waals surface area contributed by atoms with Crippen molar-refractivity contribution in [2.75, 3.05) is 26.4 Å². The van der Waals surface area contributed by atoms with Gasteiger partial charge in [0.25, 0.3) is 5.91 Å². The highest BCUT2D eigenvalue weighted by atomic mass is 16.5. The number of benzene rings is 1. The maximum absolute atomic E-state index is 13.0. The molecular weight excluding hydrogens is 456 g/mol. The summed E-state index contributed by atoms with van der Waals surface area (Å²) in [5.41, 5.74) is 11.0. The topological polar surface area (TPSA) is 136 Å². The number of rotatable bonds is 7. The van der Waals surface area contributed by atoms with Crippen molar-refractivity contribution in [2.24, 2.45) is 0 Å². The Kier molecular flexibility index (Phi) is 6.94. The van der Waals surface area contributed by atoms with Crippen LogP contribution >= 0.6 is 0 Å². The molecule has 0 aliphatic carbocycles. The second kappa shape index (κ2) is 10.1. The molecule has 0 bridgehead atoms. The Morgan fingerprint density at radius 3 is 2.72 bits per heavy atom. The van der Waals surface area contributed by atoms with Gasteiger partial charge in [0.15, 0.2) is 5.65 Å². The third-order valence-electron chi connectivity index (χ3n) is 6.12. The molecule has 1 amide bonds. The Morgan fingerprint density at radius 1 is 1.25 bits per heavy atom. The molecule has 1 unspecified atom stereocenters. The minimum Gasteiger partial charge on any atom is -0.383 e. The van der Waals surface area contributed by atoms with Crippen LogP contribution in [0.1, 0.15) is 52.8 Å². The van der Waals surface area contributed by atoms with E-state index in [0.29, 0.717) is 40.1 Å². The number of nitriles is 1. The number of amides is 1. The van der Waals surface area contributed by atoms with Crippen LogP contribution in [0.3, 0.4) is 0 Å². The number of carbonyl (C=O) groups excluding carboxylic acids is 1. The summed E-state index contributed by atoms with van der Waals surface area (Å²) in [5, 5.41) is 15.5. The van der Waals surface area contributed by atoms with E-state index in [9.17, 15) is 10.1 Å². The smallest absolute Gasteiger partial charge is 0.272 e. The van der Waals surface area contributed by atoms with Crippen LogP contribution in [-0.2, 0) is 11.3 Å². The fourth-order valence-electron chi connectivity index (χ4n) is 4.38. The number of aryl methyl sites for hydroxylation is 1. The van der Waals surface area contributed by atoms with Crippen molar-refractivity contribution < 1.29 is 9.53 Å². The molecule has 10 nitrogen and oxygen atoms in total. The van der Waals surface area contributed by atoms with Gasteiger partial charge in [-0.25, -0.2) is 14.6 Å². The van der Waals surface area contributed by atoms with Crippen LogP contribution in [-0.4, -0.2) is 56.2 Å². The van der Waals surface area contributed by atoms with E-state index in [1.54, 1.807) is 37.1 Å². The quantitative estimate of drug-likeness (QED) is 0.421. The van der Waals surface area contributed by atoms with Crippen LogP contribution in [0, 0.1) is 18.3 Å². The van der Waals surface area contributed by atoms with Crippen molar-refractivity contribution in [1.29, 1.82) is 5.26 Å². The van der Waals surface area contributed by atoms with Crippen LogP contribution in [0.25, 0.3) is 22.2 Å². The van der Waals surface area contributed by atoms with E-state index in [0.717, 1.165) is 16.8 Å². The number of nitrogens with zero attached hydrogens (tertiary/aromatic N) is 7. The lowest BCUT2D eigenvalue weighted by atomic mass is 9.88. The normalized spacial score (nSPS) is 11.9. The zero-order valence-electron chi connectivity index (χ0n) is 21.0. The molecule has 2 N–H and O–H groups in total. The maximum Gasteiger partial charge on any atom is 0.272 e. The van der Waals surface area contributed by atoms with Gasteiger partial charge in [-0.2, -0.15) is 10.4 Å². The van der Waals surface area contributed by atoms with E-state index in [2.05, 4.69) is 21.0 Å². The van der Waals surface area contributed by atoms with Gasteiger partial charge in [0.1, 0.15) is 17.8 Å². The number of hydrogen-bond donors (Lipinski definition) is 1. The molecule has 0 spiro atoms. The molecular formula is C26H28N8O2. The third kappa shape index (κ3) is 4.25. The summed E-state index contributed by atoms with van der Waals surface area (Å²) in [6.45, 7) is 6.49. The first-order valence-electron chi connectivity index (χ1n) is 11.6. The van der Waals surface area contributed by atoms with Crippen LogP contribution in [0.2, 0.25) is 0 Å². The molecule has 3 aromatic heterocycles. The van der Waals surface area contributed by atoms with Crippen molar-refractivity contribution in [2.45, 2.75) is 33.4 Å². The predicted molar refractivity (Wildman–Crippen MR) is 136 cm³/mol. The van der Waals surface area contributed by atoms with Gasteiger partial charge in [-0.3, -0.25) is 9.78 Å². The van der Waals surface area contributed by atoms with E-state index < -0.39 is 0 Å². The van der Waals surface area contributed by atoms with Crippen molar-refractivity contribution in [3.63, 3.8) is 0 Å². The number of aromatic nitrogens is 5. The monoisotopic (exact) mass is 484 g/mol. The molecule has 1 atom stereocenters. The second-order valence-electron chi connectivity index (χ2n) is 8.57. The van der Waals surface area contributed by atoms with Crippen LogP contribution < -0.4 is 5.73 Å². The van der Waals surface area contributed by atoms with Gasteiger partial charge in [-0.05, 0) is 44.0 Å². The van der Waals surface area contributed by atoms with Crippen LogP contribution in [0.5, 0.6) is 0 Å². The number of anilines is 1. The lowest BCUT2D eigenvalue weighted by Crippen LogP contribution is -2.24. The van der Waals surface area contributed by atoms with Crippen molar-refractivity contribution in [1.82, 2.24) is 29.6 Å². The van der Waals surface area contributed by atoms with Crippen molar-refractivity contribution >= 4 is 22.8 Å². The summed E-state index contributed by atoms with van der Waals surface area (Å²) < 4.78 is 7.67. The first-order valence-corrected chi connectivity index (χ1v) is 11.6. The highest BCUT2D eigenvalue weighted by molar-refractivity contribution is 6.00. The summed E-state index contributed by atoms with van der Waals surface area (Å²) in [6, 6.07) is 9.22. The fraction of sp³-hybridized carbons (Fsp3) is 0.308. The van der Waals surface area contributed by atoms with Crippen molar-refractivity contribution in [3.8, 4) is 17.2 Å². The van der Waals surface area contributed by atoms with Crippen molar-refractivity contribution in [3.05, 3.63) is 64.9 Å². The van der Waals surface area contributed by atoms with E-state index in [-0.39, 0.29) is 24.2 Å². The van der Waals surface area contributed by atoms with Gasteiger partial charge in [-0.15, -0.1) is 0 Å². The summed E-state index contributed by atoms with van der Waals surface area (Å²) in [7, 11) is 3.34. The molecule has 0 aliphatic rings. The molecule has 1 aromatic carbocycles. The third-order valence-corrected chi connectivity index (χ3v) is 6.12. The molecule has 0 saturated carbocycles. The van der Waals surface area contributed by atoms with Gasteiger partial charge in [0.2, 0.25) is 0 Å². The zero-order valence-corrected chi connectivity index (χ0v) is 21.0. The van der Waals surface area contributed by atoms with E-state index >= 15 is 0 Å². The lowest BCUT2D eigenvalue weighted by molar-refractivity contribution is 0.0822. The summed E-state index contributed by atoms with van der Waals surface area (Å²) in [4.78, 5) is 27.4. The SMILES string of the molecule is CCOCc1c(C(C)n2nc(C)c3c(N)ncnc32)ccc(C#N)c1-c1cccnc1C(=O)N(C)C. The molecule has 4 rings (SSSR count). The van der Waals surface area contributed by atoms with E-state index in [4.69, 9.17) is 15.6 Å². The summed E-state index contributed by atoms with van der Waals surface area (Å²) >= 11 is 0. The van der Waals surface area contributed by atoms with Gasteiger partial charge in [-0.1, -0.05) is 12.1 Å². The Balaban J connectivity index is 2.00. The zero-order chi connectivity index (χ0) is 26.0. The van der Waals surface area contributed by atoms with Gasteiger partial charge in [0.05, 0.1) is 35.4 Å². The average Bonchev–Trinajstić information content (AvgIpc) is 3.23. The fourth-order valence-corrected chi connectivity index (χ4v) is 4.38. The predicted octanol–water partition coefficient (Wildman–Crippen LogP) is 3.50. The average molecular weight is 485 g/mol.